The van der Waals surface area contributed by atoms with Gasteiger partial charge in [-0.25, -0.2) is 0 Å². The summed E-state index contributed by atoms with van der Waals surface area (Å²) in [6.07, 6.45) is 7.81. The van der Waals surface area contributed by atoms with Gasteiger partial charge < -0.3 is 5.11 Å². The Hall–Kier alpha value is -0.300. The summed E-state index contributed by atoms with van der Waals surface area (Å²) in [6, 6.07) is 0. The summed E-state index contributed by atoms with van der Waals surface area (Å²) in [5.74, 6) is 2.18. The van der Waals surface area contributed by atoms with E-state index in [0.29, 0.717) is 17.9 Å². The Morgan fingerprint density at radius 3 is 2.38 bits per heavy atom. The maximum Gasteiger partial charge on any atom is 0.0459 e. The second kappa shape index (κ2) is 4.52. The zero-order valence-corrected chi connectivity index (χ0v) is 10.8. The van der Waals surface area contributed by atoms with E-state index < -0.39 is 0 Å². The van der Waals surface area contributed by atoms with Crippen molar-refractivity contribution in [1.29, 1.82) is 0 Å². The van der Waals surface area contributed by atoms with E-state index in [9.17, 15) is 5.11 Å². The maximum absolute atomic E-state index is 9.25. The number of aliphatic hydroxyl groups is 1. The summed E-state index contributed by atoms with van der Waals surface area (Å²) in [6.45, 7) is 9.25. The van der Waals surface area contributed by atoms with Gasteiger partial charge >= 0.3 is 0 Å². The van der Waals surface area contributed by atoms with E-state index in [-0.39, 0.29) is 0 Å². The largest absolute Gasteiger partial charge is 0.396 e. The molecule has 2 fully saturated rings. The minimum atomic E-state index is 0.391. The lowest BCUT2D eigenvalue weighted by Gasteiger charge is -2.45. The Kier molecular flexibility index (Phi) is 3.44. The summed E-state index contributed by atoms with van der Waals surface area (Å²) >= 11 is 0. The van der Waals surface area contributed by atoms with Crippen molar-refractivity contribution in [3.05, 3.63) is 12.2 Å². The van der Waals surface area contributed by atoms with Gasteiger partial charge in [0.15, 0.2) is 0 Å². The van der Waals surface area contributed by atoms with Gasteiger partial charge in [-0.05, 0) is 68.6 Å². The first-order valence-electron chi connectivity index (χ1n) is 6.86. The normalized spacial score (nSPS) is 43.8. The molecular weight excluding hydrogens is 196 g/mol. The number of allylic oxidation sites excluding steroid dienone is 1. The lowest BCUT2D eigenvalue weighted by atomic mass is 9.60. The summed E-state index contributed by atoms with van der Waals surface area (Å²) in [5.41, 5.74) is 1.93. The minimum Gasteiger partial charge on any atom is -0.396 e. The van der Waals surface area contributed by atoms with Crippen molar-refractivity contribution in [2.75, 3.05) is 6.61 Å². The van der Waals surface area contributed by atoms with Crippen molar-refractivity contribution in [1.82, 2.24) is 0 Å². The highest BCUT2D eigenvalue weighted by molar-refractivity contribution is 5.11. The fourth-order valence-electron chi connectivity index (χ4n) is 4.31. The van der Waals surface area contributed by atoms with Gasteiger partial charge in [0.05, 0.1) is 0 Å². The third-order valence-electron chi connectivity index (χ3n) is 5.45. The molecular formula is C15H26O. The number of aliphatic hydroxyl groups excluding tert-OH is 1. The molecule has 0 unspecified atom stereocenters. The average Bonchev–Trinajstić information content (AvgIpc) is 2.58. The van der Waals surface area contributed by atoms with Crippen LogP contribution in [-0.2, 0) is 0 Å². The monoisotopic (exact) mass is 222 g/mol. The van der Waals surface area contributed by atoms with Gasteiger partial charge in [0.2, 0.25) is 0 Å². The minimum absolute atomic E-state index is 0.391. The van der Waals surface area contributed by atoms with E-state index in [1.165, 1.54) is 44.1 Å². The van der Waals surface area contributed by atoms with Gasteiger partial charge in [-0.15, -0.1) is 0 Å². The Morgan fingerprint density at radius 1 is 1.25 bits per heavy atom. The van der Waals surface area contributed by atoms with Crippen LogP contribution in [-0.4, -0.2) is 11.7 Å². The summed E-state index contributed by atoms with van der Waals surface area (Å²) < 4.78 is 0. The van der Waals surface area contributed by atoms with Crippen molar-refractivity contribution in [3.63, 3.8) is 0 Å². The molecule has 1 N–H and O–H groups in total. The van der Waals surface area contributed by atoms with Crippen LogP contribution < -0.4 is 0 Å². The third kappa shape index (κ3) is 1.84. The SMILES string of the molecule is C=C(C)[C@@H]1CC[C@@H](C)C12CCC(CO)CC2. The number of rotatable bonds is 2. The molecule has 0 aromatic rings. The highest BCUT2D eigenvalue weighted by Crippen LogP contribution is 2.58. The van der Waals surface area contributed by atoms with Crippen LogP contribution in [0, 0.1) is 23.2 Å². The van der Waals surface area contributed by atoms with Gasteiger partial charge in [0.1, 0.15) is 0 Å². The van der Waals surface area contributed by atoms with Gasteiger partial charge in [0.25, 0.3) is 0 Å². The second-order valence-electron chi connectivity index (χ2n) is 6.24. The van der Waals surface area contributed by atoms with Crippen LogP contribution in [0.25, 0.3) is 0 Å². The molecule has 2 atom stereocenters. The molecule has 0 aromatic heterocycles. The molecule has 92 valence electrons. The Bertz CT molecular complexity index is 261. The molecule has 0 bridgehead atoms. The maximum atomic E-state index is 9.25. The molecule has 2 aliphatic rings. The molecule has 0 aliphatic heterocycles. The Balaban J connectivity index is 2.13. The van der Waals surface area contributed by atoms with Crippen LogP contribution in [0.4, 0.5) is 0 Å². The number of hydrogen-bond acceptors (Lipinski definition) is 1. The van der Waals surface area contributed by atoms with Crippen LogP contribution in [0.15, 0.2) is 12.2 Å². The summed E-state index contributed by atoms with van der Waals surface area (Å²) in [5, 5.41) is 9.25. The molecule has 16 heavy (non-hydrogen) atoms. The molecule has 2 aliphatic carbocycles. The zero-order valence-electron chi connectivity index (χ0n) is 10.8. The van der Waals surface area contributed by atoms with Crippen molar-refractivity contribution >= 4 is 0 Å². The smallest absolute Gasteiger partial charge is 0.0459 e. The number of hydrogen-bond donors (Lipinski definition) is 1. The molecule has 1 nitrogen and oxygen atoms in total. The molecule has 1 heteroatoms. The van der Waals surface area contributed by atoms with E-state index >= 15 is 0 Å². The Morgan fingerprint density at radius 2 is 1.88 bits per heavy atom. The van der Waals surface area contributed by atoms with E-state index in [1.807, 2.05) is 0 Å². The van der Waals surface area contributed by atoms with E-state index in [4.69, 9.17) is 0 Å². The van der Waals surface area contributed by atoms with Gasteiger partial charge in [0, 0.05) is 6.61 Å². The molecule has 2 saturated carbocycles. The fourth-order valence-corrected chi connectivity index (χ4v) is 4.31. The second-order valence-corrected chi connectivity index (χ2v) is 6.24. The topological polar surface area (TPSA) is 20.2 Å². The highest BCUT2D eigenvalue weighted by Gasteiger charge is 2.49. The molecule has 0 radical (unpaired) electrons. The lowest BCUT2D eigenvalue weighted by molar-refractivity contribution is 0.0545. The quantitative estimate of drug-likeness (QED) is 0.705. The lowest BCUT2D eigenvalue weighted by Crippen LogP contribution is -2.36. The highest BCUT2D eigenvalue weighted by atomic mass is 16.3. The zero-order chi connectivity index (χ0) is 11.8. The van der Waals surface area contributed by atoms with Crippen LogP contribution in [0.5, 0.6) is 0 Å². The van der Waals surface area contributed by atoms with Gasteiger partial charge in [-0.3, -0.25) is 0 Å². The first-order chi connectivity index (χ1) is 7.60. The van der Waals surface area contributed by atoms with Gasteiger partial charge in [-0.1, -0.05) is 19.1 Å². The molecule has 0 amide bonds. The summed E-state index contributed by atoms with van der Waals surface area (Å²) in [7, 11) is 0. The standard InChI is InChI=1S/C15H26O/c1-11(2)14-5-4-12(3)15(14)8-6-13(10-16)7-9-15/h12-14,16H,1,4-10H2,2-3H3/t12-,13?,14+,15?/m1/s1. The van der Waals surface area contributed by atoms with E-state index in [0.717, 1.165) is 11.8 Å². The van der Waals surface area contributed by atoms with Crippen LogP contribution in [0.2, 0.25) is 0 Å². The fraction of sp³-hybridized carbons (Fsp3) is 0.867. The van der Waals surface area contributed by atoms with E-state index in [2.05, 4.69) is 20.4 Å². The van der Waals surface area contributed by atoms with Crippen LogP contribution in [0.3, 0.4) is 0 Å². The van der Waals surface area contributed by atoms with Crippen molar-refractivity contribution in [3.8, 4) is 0 Å². The molecule has 0 heterocycles. The molecule has 0 aromatic carbocycles. The Labute approximate surface area is 99.9 Å². The third-order valence-corrected chi connectivity index (χ3v) is 5.45. The molecule has 0 saturated heterocycles. The van der Waals surface area contributed by atoms with Crippen molar-refractivity contribution in [2.24, 2.45) is 23.2 Å². The predicted molar refractivity (Wildman–Crippen MR) is 68.2 cm³/mol. The average molecular weight is 222 g/mol. The summed E-state index contributed by atoms with van der Waals surface area (Å²) in [4.78, 5) is 0. The molecule has 2 rings (SSSR count). The van der Waals surface area contributed by atoms with E-state index in [1.54, 1.807) is 0 Å². The first-order valence-corrected chi connectivity index (χ1v) is 6.86. The predicted octanol–water partition coefficient (Wildman–Crippen LogP) is 3.78. The first kappa shape index (κ1) is 12.2. The van der Waals surface area contributed by atoms with Crippen LogP contribution in [0.1, 0.15) is 52.4 Å². The van der Waals surface area contributed by atoms with Crippen LogP contribution >= 0.6 is 0 Å². The van der Waals surface area contributed by atoms with Crippen molar-refractivity contribution < 1.29 is 5.11 Å². The van der Waals surface area contributed by atoms with Gasteiger partial charge in [-0.2, -0.15) is 0 Å². The molecule has 1 spiro atoms. The van der Waals surface area contributed by atoms with Crippen molar-refractivity contribution in [2.45, 2.75) is 52.4 Å².